The van der Waals surface area contributed by atoms with Crippen LogP contribution in [0.25, 0.3) is 22.4 Å². The van der Waals surface area contributed by atoms with Crippen LogP contribution in [0.3, 0.4) is 0 Å². The molecule has 2 atom stereocenters. The first kappa shape index (κ1) is 21.6. The Morgan fingerprint density at radius 3 is 2.55 bits per heavy atom. The standard InChI is InChI=1S/C22H27N7O4/c30-9-7-23-22(32)25-15-3-1-14(2-4-15)19-26-20(28-12-16-5-6-17(13-28)33-16)18-11-24-29(8-10-31)21(18)27-19/h1-4,11,16-17,30-31H,5-10,12-13H2,(H2,23,25,32). The van der Waals surface area contributed by atoms with Crippen LogP contribution in [-0.2, 0) is 11.3 Å². The Kier molecular flexibility index (Phi) is 6.07. The first-order valence-electron chi connectivity index (χ1n) is 11.2. The van der Waals surface area contributed by atoms with E-state index in [4.69, 9.17) is 19.8 Å². The smallest absolute Gasteiger partial charge is 0.319 e. The van der Waals surface area contributed by atoms with Crippen molar-refractivity contribution in [3.8, 4) is 11.4 Å². The third-order valence-electron chi connectivity index (χ3n) is 5.93. The Balaban J connectivity index is 1.47. The Hall–Kier alpha value is -3.28. The van der Waals surface area contributed by atoms with Gasteiger partial charge in [-0.3, -0.25) is 0 Å². The van der Waals surface area contributed by atoms with Crippen molar-refractivity contribution in [2.75, 3.05) is 43.1 Å². The van der Waals surface area contributed by atoms with Crippen LogP contribution in [-0.4, -0.2) is 81.0 Å². The predicted molar refractivity (Wildman–Crippen MR) is 122 cm³/mol. The molecule has 1 aromatic carbocycles. The number of benzene rings is 1. The second kappa shape index (κ2) is 9.30. The van der Waals surface area contributed by atoms with Gasteiger partial charge in [0.1, 0.15) is 5.82 Å². The Labute approximate surface area is 190 Å². The van der Waals surface area contributed by atoms with Gasteiger partial charge in [0.2, 0.25) is 0 Å². The molecule has 2 aromatic heterocycles. The van der Waals surface area contributed by atoms with Gasteiger partial charge >= 0.3 is 6.03 Å². The van der Waals surface area contributed by atoms with Gasteiger partial charge in [0.15, 0.2) is 11.5 Å². The highest BCUT2D eigenvalue weighted by atomic mass is 16.5. The number of carbonyl (C=O) groups excluding carboxylic acids is 1. The van der Waals surface area contributed by atoms with E-state index < -0.39 is 0 Å². The van der Waals surface area contributed by atoms with Crippen LogP contribution in [0.4, 0.5) is 16.3 Å². The summed E-state index contributed by atoms with van der Waals surface area (Å²) in [6.07, 6.45) is 4.32. The quantitative estimate of drug-likeness (QED) is 0.415. The molecular weight excluding hydrogens is 426 g/mol. The summed E-state index contributed by atoms with van der Waals surface area (Å²) in [7, 11) is 0. The maximum absolute atomic E-state index is 11.8. The van der Waals surface area contributed by atoms with E-state index >= 15 is 0 Å². The van der Waals surface area contributed by atoms with E-state index in [1.807, 2.05) is 12.1 Å². The third kappa shape index (κ3) is 4.47. The van der Waals surface area contributed by atoms with Crippen LogP contribution in [0.5, 0.6) is 0 Å². The summed E-state index contributed by atoms with van der Waals surface area (Å²) in [5.74, 6) is 1.37. The highest BCUT2D eigenvalue weighted by Crippen LogP contribution is 2.33. The van der Waals surface area contributed by atoms with Gasteiger partial charge in [-0.05, 0) is 37.1 Å². The van der Waals surface area contributed by atoms with Crippen LogP contribution in [0, 0.1) is 0 Å². The lowest BCUT2D eigenvalue weighted by Gasteiger charge is -2.33. The first-order valence-corrected chi connectivity index (χ1v) is 11.2. The lowest BCUT2D eigenvalue weighted by Crippen LogP contribution is -2.43. The lowest BCUT2D eigenvalue weighted by atomic mass is 10.2. The molecule has 2 bridgehead atoms. The number of rotatable bonds is 7. The number of ether oxygens (including phenoxy) is 1. The molecule has 0 aliphatic carbocycles. The van der Waals surface area contributed by atoms with E-state index in [9.17, 15) is 9.90 Å². The third-order valence-corrected chi connectivity index (χ3v) is 5.93. The molecular formula is C22H27N7O4. The number of fused-ring (bicyclic) bond motifs is 3. The highest BCUT2D eigenvalue weighted by molar-refractivity contribution is 5.90. The molecule has 4 N–H and O–H groups in total. The van der Waals surface area contributed by atoms with Crippen LogP contribution in [0.1, 0.15) is 12.8 Å². The van der Waals surface area contributed by atoms with E-state index in [-0.39, 0.29) is 38.0 Å². The number of amides is 2. The van der Waals surface area contributed by atoms with Crippen molar-refractivity contribution in [3.63, 3.8) is 0 Å². The fourth-order valence-electron chi connectivity index (χ4n) is 4.40. The van der Waals surface area contributed by atoms with Gasteiger partial charge in [0, 0.05) is 30.9 Å². The van der Waals surface area contributed by atoms with Crippen molar-refractivity contribution in [3.05, 3.63) is 30.5 Å². The van der Waals surface area contributed by atoms with Gasteiger partial charge in [-0.25, -0.2) is 19.4 Å². The molecule has 174 valence electrons. The number of aliphatic hydroxyl groups is 2. The normalized spacial score (nSPS) is 19.8. The second-order valence-electron chi connectivity index (χ2n) is 8.24. The van der Waals surface area contributed by atoms with Gasteiger partial charge in [-0.2, -0.15) is 5.10 Å². The molecule has 3 aromatic rings. The summed E-state index contributed by atoms with van der Waals surface area (Å²) < 4.78 is 7.69. The maximum atomic E-state index is 11.8. The van der Waals surface area contributed by atoms with Crippen molar-refractivity contribution in [1.29, 1.82) is 0 Å². The van der Waals surface area contributed by atoms with E-state index in [1.165, 1.54) is 0 Å². The van der Waals surface area contributed by atoms with Crippen LogP contribution in [0.2, 0.25) is 0 Å². The highest BCUT2D eigenvalue weighted by Gasteiger charge is 2.35. The van der Waals surface area contributed by atoms with Crippen LogP contribution in [0.15, 0.2) is 30.5 Å². The molecule has 2 aliphatic heterocycles. The number of urea groups is 1. The average molecular weight is 454 g/mol. The molecule has 4 heterocycles. The molecule has 2 saturated heterocycles. The van der Waals surface area contributed by atoms with Gasteiger partial charge in [0.05, 0.1) is 43.5 Å². The molecule has 11 nitrogen and oxygen atoms in total. The Bertz CT molecular complexity index is 1120. The minimum Gasteiger partial charge on any atom is -0.395 e. The molecule has 5 rings (SSSR count). The molecule has 0 saturated carbocycles. The topological polar surface area (TPSA) is 138 Å². The maximum Gasteiger partial charge on any atom is 0.319 e. The van der Waals surface area contributed by atoms with Gasteiger partial charge in [-0.1, -0.05) is 0 Å². The molecule has 2 aliphatic rings. The molecule has 0 radical (unpaired) electrons. The summed E-state index contributed by atoms with van der Waals surface area (Å²) in [6.45, 7) is 1.93. The minimum absolute atomic E-state index is 0.0358. The zero-order valence-corrected chi connectivity index (χ0v) is 18.1. The fraction of sp³-hybridized carbons (Fsp3) is 0.455. The van der Waals surface area contributed by atoms with Crippen molar-refractivity contribution in [2.45, 2.75) is 31.6 Å². The largest absolute Gasteiger partial charge is 0.395 e. The van der Waals surface area contributed by atoms with Crippen molar-refractivity contribution < 1.29 is 19.7 Å². The number of morpholine rings is 1. The fourth-order valence-corrected chi connectivity index (χ4v) is 4.40. The molecule has 33 heavy (non-hydrogen) atoms. The molecule has 11 heteroatoms. The van der Waals surface area contributed by atoms with Crippen LogP contribution < -0.4 is 15.5 Å². The molecule has 0 spiro atoms. The van der Waals surface area contributed by atoms with Crippen molar-refractivity contribution in [1.82, 2.24) is 25.1 Å². The summed E-state index contributed by atoms with van der Waals surface area (Å²) in [6, 6.07) is 6.87. The van der Waals surface area contributed by atoms with E-state index in [1.54, 1.807) is 23.0 Å². The Morgan fingerprint density at radius 1 is 1.09 bits per heavy atom. The number of hydrogen-bond acceptors (Lipinski definition) is 8. The van der Waals surface area contributed by atoms with E-state index in [0.29, 0.717) is 23.7 Å². The zero-order valence-electron chi connectivity index (χ0n) is 18.1. The SMILES string of the molecule is O=C(NCCO)Nc1ccc(-c2nc(N3CC4CCC(C3)O4)c3cnn(CCO)c3n2)cc1. The van der Waals surface area contributed by atoms with Crippen LogP contribution >= 0.6 is 0 Å². The summed E-state index contributed by atoms with van der Waals surface area (Å²) in [5.41, 5.74) is 2.09. The number of aliphatic hydroxyl groups excluding tert-OH is 2. The number of nitrogens with zero attached hydrogens (tertiary/aromatic N) is 5. The number of carbonyl (C=O) groups is 1. The average Bonchev–Trinajstić information content (AvgIpc) is 3.39. The summed E-state index contributed by atoms with van der Waals surface area (Å²) in [4.78, 5) is 23.7. The number of nitrogens with one attached hydrogen (secondary N) is 2. The minimum atomic E-state index is -0.383. The molecule has 2 unspecified atom stereocenters. The van der Waals surface area contributed by atoms with Crippen molar-refractivity contribution in [2.24, 2.45) is 0 Å². The Morgan fingerprint density at radius 2 is 1.85 bits per heavy atom. The zero-order chi connectivity index (χ0) is 22.8. The van der Waals surface area contributed by atoms with Gasteiger partial charge in [0.25, 0.3) is 0 Å². The first-order chi connectivity index (χ1) is 16.1. The second-order valence-corrected chi connectivity index (χ2v) is 8.24. The molecule has 2 fully saturated rings. The lowest BCUT2D eigenvalue weighted by molar-refractivity contribution is 0.0303. The van der Waals surface area contributed by atoms with E-state index in [0.717, 1.165) is 42.7 Å². The predicted octanol–water partition coefficient (Wildman–Crippen LogP) is 0.967. The van der Waals surface area contributed by atoms with Gasteiger partial charge < -0.3 is 30.5 Å². The molecule has 2 amide bonds. The van der Waals surface area contributed by atoms with Gasteiger partial charge in [-0.15, -0.1) is 0 Å². The number of anilines is 2. The number of aromatic nitrogens is 4. The summed E-state index contributed by atoms with van der Waals surface area (Å²) in [5, 5.41) is 28.8. The summed E-state index contributed by atoms with van der Waals surface area (Å²) >= 11 is 0. The number of hydrogen-bond donors (Lipinski definition) is 4. The van der Waals surface area contributed by atoms with E-state index in [2.05, 4.69) is 20.6 Å². The monoisotopic (exact) mass is 453 g/mol. The van der Waals surface area contributed by atoms with Crippen molar-refractivity contribution >= 4 is 28.6 Å².